The highest BCUT2D eigenvalue weighted by Crippen LogP contribution is 2.29. The summed E-state index contributed by atoms with van der Waals surface area (Å²) in [5, 5.41) is 23.9. The smallest absolute Gasteiger partial charge is 0.292 e. The Bertz CT molecular complexity index is 694. The summed E-state index contributed by atoms with van der Waals surface area (Å²) in [5.41, 5.74) is 1.65. The number of nitrogens with zero attached hydrogens (tertiary/aromatic N) is 1. The average Bonchev–Trinajstić information content (AvgIpc) is 2.56. The largest absolute Gasteiger partial charge is 0.392 e. The van der Waals surface area contributed by atoms with Crippen molar-refractivity contribution in [3.05, 3.63) is 68.7 Å². The van der Waals surface area contributed by atoms with Crippen molar-refractivity contribution in [3.8, 4) is 0 Å². The molecule has 23 heavy (non-hydrogen) atoms. The number of methoxy groups -OCH3 is 1. The molecule has 0 saturated heterocycles. The Hall–Kier alpha value is -2.15. The van der Waals surface area contributed by atoms with Crippen molar-refractivity contribution >= 4 is 23.0 Å². The molecule has 2 N–H and O–H groups in total. The predicted octanol–water partition coefficient (Wildman–Crippen LogP) is 3.54. The first-order valence-electron chi connectivity index (χ1n) is 6.96. The minimum atomic E-state index is -0.471. The molecule has 7 heteroatoms. The fourth-order valence-corrected chi connectivity index (χ4v) is 2.50. The van der Waals surface area contributed by atoms with Gasteiger partial charge in [-0.15, -0.1) is 0 Å². The number of nitro groups is 1. The molecule has 0 heterocycles. The Kier molecular flexibility index (Phi) is 5.92. The van der Waals surface area contributed by atoms with Gasteiger partial charge >= 0.3 is 0 Å². The number of anilines is 1. The van der Waals surface area contributed by atoms with Crippen molar-refractivity contribution < 1.29 is 14.8 Å². The summed E-state index contributed by atoms with van der Waals surface area (Å²) in [6.07, 6.45) is -0.360. The minimum absolute atomic E-state index is 0.0591. The van der Waals surface area contributed by atoms with Crippen LogP contribution in [0.4, 0.5) is 11.4 Å². The molecule has 2 aromatic rings. The Balaban J connectivity index is 2.21. The summed E-state index contributed by atoms with van der Waals surface area (Å²) < 4.78 is 5.43. The van der Waals surface area contributed by atoms with Gasteiger partial charge in [0, 0.05) is 30.3 Å². The van der Waals surface area contributed by atoms with Gasteiger partial charge in [-0.1, -0.05) is 29.8 Å². The first-order valence-corrected chi connectivity index (χ1v) is 7.34. The van der Waals surface area contributed by atoms with Crippen molar-refractivity contribution in [2.24, 2.45) is 0 Å². The highest BCUT2D eigenvalue weighted by atomic mass is 35.5. The maximum Gasteiger partial charge on any atom is 0.292 e. The molecule has 0 aliphatic carbocycles. The molecule has 0 radical (unpaired) electrons. The minimum Gasteiger partial charge on any atom is -0.392 e. The molecular weight excluding hydrogens is 320 g/mol. The van der Waals surface area contributed by atoms with Gasteiger partial charge in [-0.3, -0.25) is 10.1 Å². The van der Waals surface area contributed by atoms with Crippen molar-refractivity contribution in [1.82, 2.24) is 0 Å². The predicted molar refractivity (Wildman–Crippen MR) is 88.7 cm³/mol. The molecule has 122 valence electrons. The summed E-state index contributed by atoms with van der Waals surface area (Å²) >= 11 is 6.16. The van der Waals surface area contributed by atoms with E-state index in [1.54, 1.807) is 19.2 Å². The summed E-state index contributed by atoms with van der Waals surface area (Å²) in [5.74, 6) is 0. The Labute approximate surface area is 138 Å². The second-order valence-corrected chi connectivity index (χ2v) is 5.30. The van der Waals surface area contributed by atoms with Crippen LogP contribution in [0.2, 0.25) is 5.02 Å². The van der Waals surface area contributed by atoms with Gasteiger partial charge in [0.15, 0.2) is 0 Å². The van der Waals surface area contributed by atoms with Crippen LogP contribution in [0.1, 0.15) is 17.2 Å². The zero-order valence-electron chi connectivity index (χ0n) is 12.5. The zero-order chi connectivity index (χ0) is 16.8. The van der Waals surface area contributed by atoms with Crippen LogP contribution in [0.25, 0.3) is 0 Å². The number of hydrogen-bond donors (Lipinski definition) is 2. The second-order valence-electron chi connectivity index (χ2n) is 4.89. The van der Waals surface area contributed by atoms with Crippen LogP contribution in [0, 0.1) is 10.1 Å². The third kappa shape index (κ3) is 4.19. The van der Waals surface area contributed by atoms with Crippen LogP contribution >= 0.6 is 11.6 Å². The van der Waals surface area contributed by atoms with E-state index >= 15 is 0 Å². The van der Waals surface area contributed by atoms with Gasteiger partial charge in [0.25, 0.3) is 5.69 Å². The quantitative estimate of drug-likeness (QED) is 0.596. The number of hydrogen-bond acceptors (Lipinski definition) is 5. The molecule has 0 fully saturated rings. The molecule has 0 bridgehead atoms. The Morgan fingerprint density at radius 1 is 1.35 bits per heavy atom. The standard InChI is InChI=1S/C16H17ClN2O4/c1-23-16(12-4-2-3-5-13(12)17)9-18-14-8-11(10-20)6-7-15(14)19(21)22/h2-8,16,18,20H,9-10H2,1H3. The number of benzene rings is 2. The first kappa shape index (κ1) is 17.2. The monoisotopic (exact) mass is 336 g/mol. The number of halogens is 1. The molecule has 0 aliphatic rings. The zero-order valence-corrected chi connectivity index (χ0v) is 13.3. The summed E-state index contributed by atoms with van der Waals surface area (Å²) in [6, 6.07) is 11.7. The number of ether oxygens (including phenoxy) is 1. The van der Waals surface area contributed by atoms with Gasteiger partial charge in [0.1, 0.15) is 11.8 Å². The van der Waals surface area contributed by atoms with Crippen molar-refractivity contribution in [1.29, 1.82) is 0 Å². The lowest BCUT2D eigenvalue weighted by Gasteiger charge is -2.18. The van der Waals surface area contributed by atoms with Gasteiger partial charge in [-0.2, -0.15) is 0 Å². The summed E-state index contributed by atoms with van der Waals surface area (Å²) in [6.45, 7) is 0.112. The van der Waals surface area contributed by atoms with Crippen molar-refractivity contribution in [2.45, 2.75) is 12.7 Å². The molecule has 1 unspecified atom stereocenters. The fourth-order valence-electron chi connectivity index (χ4n) is 2.24. The molecule has 0 aromatic heterocycles. The van der Waals surface area contributed by atoms with E-state index < -0.39 is 4.92 Å². The molecular formula is C16H17ClN2O4. The van der Waals surface area contributed by atoms with Gasteiger partial charge in [0.2, 0.25) is 0 Å². The fraction of sp³-hybridized carbons (Fsp3) is 0.250. The lowest BCUT2D eigenvalue weighted by molar-refractivity contribution is -0.384. The highest BCUT2D eigenvalue weighted by Gasteiger charge is 2.18. The topological polar surface area (TPSA) is 84.6 Å². The third-order valence-corrected chi connectivity index (χ3v) is 3.80. The molecule has 0 saturated carbocycles. The van der Waals surface area contributed by atoms with Gasteiger partial charge in [0.05, 0.1) is 11.5 Å². The van der Waals surface area contributed by atoms with E-state index in [-0.39, 0.29) is 18.4 Å². The molecule has 0 aliphatic heterocycles. The van der Waals surface area contributed by atoms with E-state index in [2.05, 4.69) is 5.32 Å². The van der Waals surface area contributed by atoms with E-state index in [4.69, 9.17) is 16.3 Å². The molecule has 2 aromatic carbocycles. The number of nitro benzene ring substituents is 1. The second kappa shape index (κ2) is 7.92. The Morgan fingerprint density at radius 3 is 2.70 bits per heavy atom. The lowest BCUT2D eigenvalue weighted by atomic mass is 10.1. The average molecular weight is 337 g/mol. The van der Waals surface area contributed by atoms with Crippen LogP contribution in [-0.4, -0.2) is 23.7 Å². The highest BCUT2D eigenvalue weighted by molar-refractivity contribution is 6.31. The van der Waals surface area contributed by atoms with Crippen LogP contribution in [0.3, 0.4) is 0 Å². The Morgan fingerprint density at radius 2 is 2.09 bits per heavy atom. The van der Waals surface area contributed by atoms with E-state index in [1.165, 1.54) is 12.1 Å². The molecule has 2 rings (SSSR count). The maximum absolute atomic E-state index is 11.1. The summed E-state index contributed by atoms with van der Waals surface area (Å²) in [7, 11) is 1.55. The van der Waals surface area contributed by atoms with Crippen LogP contribution < -0.4 is 5.32 Å². The van der Waals surface area contributed by atoms with E-state index in [1.807, 2.05) is 18.2 Å². The number of nitrogens with one attached hydrogen (secondary N) is 1. The first-order chi connectivity index (χ1) is 11.1. The summed E-state index contributed by atoms with van der Waals surface area (Å²) in [4.78, 5) is 10.6. The SMILES string of the molecule is COC(CNc1cc(CO)ccc1[N+](=O)[O-])c1ccccc1Cl. The maximum atomic E-state index is 11.1. The number of aliphatic hydroxyl groups is 1. The van der Waals surface area contributed by atoms with Crippen molar-refractivity contribution in [3.63, 3.8) is 0 Å². The van der Waals surface area contributed by atoms with Crippen LogP contribution in [0.5, 0.6) is 0 Å². The number of aliphatic hydroxyl groups excluding tert-OH is 1. The van der Waals surface area contributed by atoms with E-state index in [0.29, 0.717) is 22.8 Å². The molecule has 1 atom stereocenters. The van der Waals surface area contributed by atoms with Gasteiger partial charge in [-0.25, -0.2) is 0 Å². The van der Waals surface area contributed by atoms with Gasteiger partial charge in [-0.05, 0) is 23.8 Å². The van der Waals surface area contributed by atoms with Crippen LogP contribution in [0.15, 0.2) is 42.5 Å². The van der Waals surface area contributed by atoms with E-state index in [0.717, 1.165) is 5.56 Å². The molecule has 6 nitrogen and oxygen atoms in total. The molecule has 0 amide bonds. The normalized spacial score (nSPS) is 12.0. The lowest BCUT2D eigenvalue weighted by Crippen LogP contribution is -2.15. The third-order valence-electron chi connectivity index (χ3n) is 3.45. The van der Waals surface area contributed by atoms with Crippen molar-refractivity contribution in [2.75, 3.05) is 19.0 Å². The molecule has 0 spiro atoms. The number of rotatable bonds is 7. The van der Waals surface area contributed by atoms with Crippen LogP contribution in [-0.2, 0) is 11.3 Å². The van der Waals surface area contributed by atoms with Gasteiger partial charge < -0.3 is 15.2 Å². The van der Waals surface area contributed by atoms with E-state index in [9.17, 15) is 15.2 Å².